The van der Waals surface area contributed by atoms with E-state index >= 15 is 0 Å². The van der Waals surface area contributed by atoms with Crippen LogP contribution in [0.3, 0.4) is 0 Å². The molecule has 170 valence electrons. The first-order valence-electron chi connectivity index (χ1n) is 9.30. The number of aromatic nitrogens is 4. The molecule has 5 N–H and O–H groups in total. The molecule has 31 heavy (non-hydrogen) atoms. The molecule has 1 aliphatic rings. The number of hydrogen-bond donors (Lipinski definition) is 4. The van der Waals surface area contributed by atoms with Crippen molar-refractivity contribution in [1.29, 1.82) is 0 Å². The maximum Gasteiger partial charge on any atom is 0.355 e. The van der Waals surface area contributed by atoms with Crippen LogP contribution in [0.25, 0.3) is 11.2 Å². The van der Waals surface area contributed by atoms with E-state index in [-0.39, 0.29) is 34.7 Å². The summed E-state index contributed by atoms with van der Waals surface area (Å²) in [5.74, 6) is -2.45. The molecule has 0 spiro atoms. The van der Waals surface area contributed by atoms with E-state index in [2.05, 4.69) is 20.3 Å². The van der Waals surface area contributed by atoms with Crippen molar-refractivity contribution in [1.82, 2.24) is 24.8 Å². The highest BCUT2D eigenvalue weighted by Crippen LogP contribution is 2.33. The van der Waals surface area contributed by atoms with Crippen LogP contribution in [0.1, 0.15) is 20.1 Å². The number of fused-ring (bicyclic) bond motifs is 1. The summed E-state index contributed by atoms with van der Waals surface area (Å²) >= 11 is 5.83. The van der Waals surface area contributed by atoms with Gasteiger partial charge in [0.2, 0.25) is 11.1 Å². The second kappa shape index (κ2) is 9.55. The van der Waals surface area contributed by atoms with Crippen molar-refractivity contribution in [2.24, 2.45) is 5.92 Å². The van der Waals surface area contributed by atoms with Crippen LogP contribution in [0.15, 0.2) is 6.33 Å². The van der Waals surface area contributed by atoms with Gasteiger partial charge in [-0.1, -0.05) is 13.8 Å². The maximum absolute atomic E-state index is 12.1. The molecule has 1 fully saturated rings. The van der Waals surface area contributed by atoms with Crippen LogP contribution in [0.5, 0.6) is 0 Å². The summed E-state index contributed by atoms with van der Waals surface area (Å²) in [5, 5.41) is 23.1. The second-order valence-corrected chi connectivity index (χ2v) is 8.74. The van der Waals surface area contributed by atoms with Gasteiger partial charge in [0.15, 0.2) is 17.7 Å². The average Bonchev–Trinajstić information content (AvgIpc) is 3.22. The minimum atomic E-state index is -3.25. The van der Waals surface area contributed by atoms with Crippen LogP contribution in [0.2, 0.25) is 5.28 Å². The first kappa shape index (κ1) is 23.5. The monoisotopic (exact) mass is 476 g/mol. The summed E-state index contributed by atoms with van der Waals surface area (Å²) in [6, 6.07) is 0. The van der Waals surface area contributed by atoms with Crippen LogP contribution in [-0.4, -0.2) is 72.9 Å². The summed E-state index contributed by atoms with van der Waals surface area (Å²) in [5.41, 5.74) is 6.15. The number of nitrogens with zero attached hydrogens (tertiary/aromatic N) is 4. The van der Waals surface area contributed by atoms with E-state index in [9.17, 15) is 24.1 Å². The Morgan fingerprint density at radius 1 is 1.39 bits per heavy atom. The Hall–Kier alpha value is -2.15. The van der Waals surface area contributed by atoms with Crippen molar-refractivity contribution in [2.45, 2.75) is 44.2 Å². The number of rotatable bonds is 8. The number of aliphatic hydroxyl groups excluding tert-OH is 2. The normalized spacial score (nSPS) is 24.6. The van der Waals surface area contributed by atoms with Crippen LogP contribution in [0.4, 0.5) is 5.82 Å². The smallest absolute Gasteiger partial charge is 0.355 e. The molecular formula is C16H22ClN6O7P. The zero-order valence-corrected chi connectivity index (χ0v) is 18.2. The number of imidazole rings is 1. The minimum absolute atomic E-state index is 0.0242. The number of amides is 1. The molecule has 2 aromatic heterocycles. The zero-order valence-electron chi connectivity index (χ0n) is 16.6. The van der Waals surface area contributed by atoms with Gasteiger partial charge in [-0.2, -0.15) is 9.97 Å². The zero-order chi connectivity index (χ0) is 22.9. The Balaban J connectivity index is 1.73. The first-order valence-corrected chi connectivity index (χ1v) is 10.9. The van der Waals surface area contributed by atoms with Crippen LogP contribution >= 0.6 is 19.3 Å². The SMILES string of the molecule is CC(C)CNC(=O)[C@@H](OC[C@H]1O[C@@H](n2cnc3c(N)nc(Cl)nc32)[C@H](O)[C@@H]1O)P(=O)=O. The molecule has 13 nitrogen and oxygen atoms in total. The van der Waals surface area contributed by atoms with Crippen LogP contribution in [-0.2, 0) is 23.4 Å². The number of carbonyl (C=O) groups is 1. The fourth-order valence-electron chi connectivity index (χ4n) is 3.00. The third kappa shape index (κ3) is 5.03. The number of ether oxygens (including phenoxy) is 2. The van der Waals surface area contributed by atoms with Crippen molar-refractivity contribution < 1.29 is 33.6 Å². The van der Waals surface area contributed by atoms with Crippen LogP contribution in [0, 0.1) is 5.92 Å². The second-order valence-electron chi connectivity index (χ2n) is 7.36. The van der Waals surface area contributed by atoms with Crippen molar-refractivity contribution in [2.75, 3.05) is 18.9 Å². The maximum atomic E-state index is 12.1. The number of carbonyl (C=O) groups excluding carboxylic acids is 1. The largest absolute Gasteiger partial charge is 0.387 e. The molecule has 0 radical (unpaired) electrons. The van der Waals surface area contributed by atoms with E-state index < -0.39 is 50.6 Å². The van der Waals surface area contributed by atoms with Crippen molar-refractivity contribution >= 4 is 42.2 Å². The molecule has 0 saturated carbocycles. The van der Waals surface area contributed by atoms with E-state index in [4.69, 9.17) is 26.8 Å². The predicted octanol–water partition coefficient (Wildman–Crippen LogP) is -0.0311. The van der Waals surface area contributed by atoms with Crippen molar-refractivity contribution in [3.63, 3.8) is 0 Å². The average molecular weight is 477 g/mol. The van der Waals surface area contributed by atoms with E-state index in [0.717, 1.165) is 0 Å². The highest BCUT2D eigenvalue weighted by atomic mass is 35.5. The molecule has 2 aromatic rings. The standard InChI is InChI=1S/C16H22ClN6O7P/c1-6(2)3-19-13(26)15(31(27)28)29-4-7-9(24)10(25)14(30-7)23-5-20-8-11(18)21-16(17)22-12(8)23/h5-7,9-10,14-15,24-25H,3-4H2,1-2H3,(H,19,26)(H2,18,21,22)/t7-,9-,10-,14-,15+/m1/s1. The molecule has 5 atom stereocenters. The lowest BCUT2D eigenvalue weighted by Crippen LogP contribution is -2.39. The van der Waals surface area contributed by atoms with Crippen molar-refractivity contribution in [3.8, 4) is 0 Å². The highest BCUT2D eigenvalue weighted by Gasteiger charge is 2.45. The number of nitrogens with two attached hydrogens (primary N) is 1. The Bertz CT molecular complexity index is 1020. The summed E-state index contributed by atoms with van der Waals surface area (Å²) in [4.78, 5) is 23.9. The summed E-state index contributed by atoms with van der Waals surface area (Å²) in [7, 11) is -3.25. The van der Waals surface area contributed by atoms with Gasteiger partial charge in [0.25, 0.3) is 5.91 Å². The number of hydrogen-bond acceptors (Lipinski definition) is 11. The molecule has 3 rings (SSSR count). The minimum Gasteiger partial charge on any atom is -0.387 e. The Kier molecular flexibility index (Phi) is 7.24. The summed E-state index contributed by atoms with van der Waals surface area (Å²) in [6.07, 6.45) is -3.88. The number of halogens is 1. The molecule has 1 aliphatic heterocycles. The van der Waals surface area contributed by atoms with Gasteiger partial charge in [0.05, 0.1) is 12.9 Å². The van der Waals surface area contributed by atoms with E-state index in [1.165, 1.54) is 10.9 Å². The van der Waals surface area contributed by atoms with E-state index in [1.807, 2.05) is 13.8 Å². The first-order chi connectivity index (χ1) is 14.6. The van der Waals surface area contributed by atoms with Gasteiger partial charge in [-0.15, -0.1) is 0 Å². The molecule has 0 aromatic carbocycles. The lowest BCUT2D eigenvalue weighted by molar-refractivity contribution is -0.131. The summed E-state index contributed by atoms with van der Waals surface area (Å²) in [6.45, 7) is 3.50. The topological polar surface area (TPSA) is 192 Å². The summed E-state index contributed by atoms with van der Waals surface area (Å²) < 4.78 is 35.1. The number of aliphatic hydroxyl groups is 2. The van der Waals surface area contributed by atoms with E-state index in [1.54, 1.807) is 0 Å². The number of nitrogen functional groups attached to an aromatic ring is 1. The quantitative estimate of drug-likeness (QED) is 0.295. The molecule has 0 aliphatic carbocycles. The third-order valence-corrected chi connectivity index (χ3v) is 5.49. The Morgan fingerprint density at radius 2 is 2.10 bits per heavy atom. The van der Waals surface area contributed by atoms with Crippen LogP contribution < -0.4 is 11.1 Å². The van der Waals surface area contributed by atoms with Gasteiger partial charge in [-0.3, -0.25) is 9.36 Å². The lowest BCUT2D eigenvalue weighted by atomic mass is 10.1. The molecule has 0 bridgehead atoms. The predicted molar refractivity (Wildman–Crippen MR) is 107 cm³/mol. The highest BCUT2D eigenvalue weighted by molar-refractivity contribution is 7.33. The number of anilines is 1. The molecule has 3 heterocycles. The number of nitrogens with one attached hydrogen (secondary N) is 1. The van der Waals surface area contributed by atoms with Gasteiger partial charge in [-0.05, 0) is 17.5 Å². The molecule has 1 saturated heterocycles. The molecular weight excluding hydrogens is 455 g/mol. The fraction of sp³-hybridized carbons (Fsp3) is 0.625. The lowest BCUT2D eigenvalue weighted by Gasteiger charge is -2.18. The third-order valence-electron chi connectivity index (χ3n) is 4.55. The van der Waals surface area contributed by atoms with Gasteiger partial charge in [0, 0.05) is 6.54 Å². The Labute approximate surface area is 181 Å². The van der Waals surface area contributed by atoms with Gasteiger partial charge in [-0.25, -0.2) is 14.1 Å². The molecule has 1 amide bonds. The molecule has 0 unspecified atom stereocenters. The van der Waals surface area contributed by atoms with E-state index in [0.29, 0.717) is 0 Å². The molecule has 15 heteroatoms. The Morgan fingerprint density at radius 3 is 2.74 bits per heavy atom. The van der Waals surface area contributed by atoms with Gasteiger partial charge in [0.1, 0.15) is 23.8 Å². The van der Waals surface area contributed by atoms with Gasteiger partial charge < -0.3 is 30.7 Å². The van der Waals surface area contributed by atoms with Crippen molar-refractivity contribution in [3.05, 3.63) is 11.6 Å². The fourth-order valence-corrected chi connectivity index (χ4v) is 3.67. The van der Waals surface area contributed by atoms with Gasteiger partial charge >= 0.3 is 7.68 Å².